The summed E-state index contributed by atoms with van der Waals surface area (Å²) < 4.78 is 1.51. The lowest BCUT2D eigenvalue weighted by Crippen LogP contribution is -2.30. The van der Waals surface area contributed by atoms with Gasteiger partial charge in [-0.25, -0.2) is 5.84 Å². The lowest BCUT2D eigenvalue weighted by molar-refractivity contribution is 0.441. The highest BCUT2D eigenvalue weighted by Gasteiger charge is 2.16. The van der Waals surface area contributed by atoms with Crippen LogP contribution in [-0.4, -0.2) is 4.52 Å². The number of benzene rings is 1. The second-order valence-corrected chi connectivity index (χ2v) is 4.84. The molecule has 0 aliphatic carbocycles. The second kappa shape index (κ2) is 3.89. The summed E-state index contributed by atoms with van der Waals surface area (Å²) >= 11 is 1.51. The van der Waals surface area contributed by atoms with Crippen LogP contribution in [0.3, 0.4) is 0 Å². The standard InChI is InChI=1S/C11H15N3S/c1-7-4-8(2)11(9(3)5-7)10-6-13-14(12)15-10/h4-6,13H,12H2,1-3H3. The van der Waals surface area contributed by atoms with E-state index in [4.69, 9.17) is 5.84 Å². The molecule has 0 aromatic heterocycles. The van der Waals surface area contributed by atoms with Crippen molar-refractivity contribution in [3.05, 3.63) is 40.6 Å². The van der Waals surface area contributed by atoms with Gasteiger partial charge >= 0.3 is 0 Å². The Morgan fingerprint density at radius 2 is 1.80 bits per heavy atom. The molecule has 1 aliphatic heterocycles. The zero-order valence-electron chi connectivity index (χ0n) is 9.16. The molecule has 0 bridgehead atoms. The van der Waals surface area contributed by atoms with Gasteiger partial charge in [-0.05, 0) is 49.4 Å². The summed E-state index contributed by atoms with van der Waals surface area (Å²) in [5.41, 5.74) is 8.12. The summed E-state index contributed by atoms with van der Waals surface area (Å²) in [4.78, 5) is 1.17. The number of aryl methyl sites for hydroxylation is 3. The molecule has 3 nitrogen and oxygen atoms in total. The molecule has 0 unspecified atom stereocenters. The van der Waals surface area contributed by atoms with Crippen molar-refractivity contribution in [1.82, 2.24) is 9.95 Å². The minimum absolute atomic E-state index is 1.17. The van der Waals surface area contributed by atoms with Gasteiger partial charge in [0.15, 0.2) is 0 Å². The van der Waals surface area contributed by atoms with Crippen LogP contribution >= 0.6 is 11.9 Å². The largest absolute Gasteiger partial charge is 0.302 e. The highest BCUT2D eigenvalue weighted by molar-refractivity contribution is 8.06. The molecule has 0 fully saturated rings. The molecule has 1 aliphatic rings. The van der Waals surface area contributed by atoms with E-state index in [9.17, 15) is 0 Å². The lowest BCUT2D eigenvalue weighted by atomic mass is 10.00. The van der Waals surface area contributed by atoms with Crippen LogP contribution in [0.5, 0.6) is 0 Å². The molecule has 2 rings (SSSR count). The fourth-order valence-corrected chi connectivity index (χ4v) is 2.80. The Bertz CT molecular complexity index is 403. The molecule has 15 heavy (non-hydrogen) atoms. The van der Waals surface area contributed by atoms with E-state index < -0.39 is 0 Å². The zero-order chi connectivity index (χ0) is 11.0. The first-order valence-electron chi connectivity index (χ1n) is 4.85. The van der Waals surface area contributed by atoms with Crippen molar-refractivity contribution in [2.45, 2.75) is 20.8 Å². The van der Waals surface area contributed by atoms with Crippen LogP contribution in [0.2, 0.25) is 0 Å². The molecule has 0 saturated heterocycles. The van der Waals surface area contributed by atoms with E-state index in [1.807, 2.05) is 6.20 Å². The smallest absolute Gasteiger partial charge is 0.0511 e. The van der Waals surface area contributed by atoms with Gasteiger partial charge in [0.05, 0.1) is 4.91 Å². The Morgan fingerprint density at radius 1 is 1.20 bits per heavy atom. The van der Waals surface area contributed by atoms with E-state index in [-0.39, 0.29) is 0 Å². The van der Waals surface area contributed by atoms with E-state index in [0.29, 0.717) is 0 Å². The van der Waals surface area contributed by atoms with Crippen LogP contribution in [0.1, 0.15) is 22.3 Å². The predicted molar refractivity (Wildman–Crippen MR) is 65.4 cm³/mol. The first-order valence-corrected chi connectivity index (χ1v) is 5.62. The van der Waals surface area contributed by atoms with Crippen LogP contribution in [0, 0.1) is 20.8 Å². The highest BCUT2D eigenvalue weighted by Crippen LogP contribution is 2.35. The van der Waals surface area contributed by atoms with Gasteiger partial charge in [0.2, 0.25) is 0 Å². The lowest BCUT2D eigenvalue weighted by Gasteiger charge is -2.12. The van der Waals surface area contributed by atoms with E-state index in [0.717, 1.165) is 0 Å². The number of rotatable bonds is 1. The third kappa shape index (κ3) is 2.02. The fourth-order valence-electron chi connectivity index (χ4n) is 1.97. The molecule has 3 N–H and O–H groups in total. The van der Waals surface area contributed by atoms with Gasteiger partial charge in [0.25, 0.3) is 0 Å². The summed E-state index contributed by atoms with van der Waals surface area (Å²) in [7, 11) is 0. The Morgan fingerprint density at radius 3 is 2.27 bits per heavy atom. The quantitative estimate of drug-likeness (QED) is 0.564. The van der Waals surface area contributed by atoms with Gasteiger partial charge in [0, 0.05) is 6.20 Å². The number of nitrogens with one attached hydrogen (secondary N) is 1. The molecular weight excluding hydrogens is 206 g/mol. The molecular formula is C11H15N3S. The predicted octanol–water partition coefficient (Wildman–Crippen LogP) is 2.25. The van der Waals surface area contributed by atoms with Crippen molar-refractivity contribution < 1.29 is 0 Å². The molecule has 4 heteroatoms. The topological polar surface area (TPSA) is 41.3 Å². The SMILES string of the molecule is Cc1cc(C)c(C2=CNN(N)S2)c(C)c1. The number of hydrogen-bond donors (Lipinski definition) is 2. The fraction of sp³-hybridized carbons (Fsp3) is 0.273. The maximum absolute atomic E-state index is 5.63. The van der Waals surface area contributed by atoms with E-state index in [1.54, 1.807) is 0 Å². The Balaban J connectivity index is 2.45. The average molecular weight is 221 g/mol. The van der Waals surface area contributed by atoms with Crippen LogP contribution in [0.25, 0.3) is 4.91 Å². The van der Waals surface area contributed by atoms with Gasteiger partial charge < -0.3 is 5.43 Å². The van der Waals surface area contributed by atoms with Crippen molar-refractivity contribution in [2.75, 3.05) is 0 Å². The molecule has 0 atom stereocenters. The summed E-state index contributed by atoms with van der Waals surface area (Å²) in [6, 6.07) is 4.39. The minimum Gasteiger partial charge on any atom is -0.302 e. The molecule has 80 valence electrons. The Labute approximate surface area is 94.4 Å². The third-order valence-electron chi connectivity index (χ3n) is 2.44. The Hall–Kier alpha value is -0.970. The molecule has 0 spiro atoms. The number of hydrogen-bond acceptors (Lipinski definition) is 4. The van der Waals surface area contributed by atoms with Crippen molar-refractivity contribution >= 4 is 16.9 Å². The molecule has 0 saturated carbocycles. The van der Waals surface area contributed by atoms with Gasteiger partial charge in [-0.3, -0.25) is 0 Å². The monoisotopic (exact) mass is 221 g/mol. The number of nitrogens with two attached hydrogens (primary N) is 1. The molecule has 1 heterocycles. The molecule has 0 amide bonds. The molecule has 0 radical (unpaired) electrons. The van der Waals surface area contributed by atoms with Crippen molar-refractivity contribution in [1.29, 1.82) is 0 Å². The Kier molecular flexibility index (Phi) is 2.73. The second-order valence-electron chi connectivity index (χ2n) is 3.83. The number of nitrogens with zero attached hydrogens (tertiary/aromatic N) is 1. The molecule has 1 aromatic rings. The highest BCUT2D eigenvalue weighted by atomic mass is 32.2. The summed E-state index contributed by atoms with van der Waals surface area (Å²) in [5.74, 6) is 5.63. The maximum atomic E-state index is 5.63. The van der Waals surface area contributed by atoms with Gasteiger partial charge in [0.1, 0.15) is 0 Å². The van der Waals surface area contributed by atoms with E-state index >= 15 is 0 Å². The average Bonchev–Trinajstić information content (AvgIpc) is 2.49. The minimum atomic E-state index is 1.17. The van der Waals surface area contributed by atoms with Crippen molar-refractivity contribution in [3.8, 4) is 0 Å². The first-order chi connectivity index (χ1) is 7.08. The summed E-state index contributed by atoms with van der Waals surface area (Å²) in [6.45, 7) is 6.39. The van der Waals surface area contributed by atoms with E-state index in [1.165, 1.54) is 43.6 Å². The van der Waals surface area contributed by atoms with Crippen LogP contribution in [-0.2, 0) is 0 Å². The van der Waals surface area contributed by atoms with Crippen LogP contribution in [0.4, 0.5) is 0 Å². The van der Waals surface area contributed by atoms with Crippen molar-refractivity contribution in [3.63, 3.8) is 0 Å². The van der Waals surface area contributed by atoms with Gasteiger partial charge in [-0.15, -0.1) is 0 Å². The summed E-state index contributed by atoms with van der Waals surface area (Å²) in [6.07, 6.45) is 1.94. The third-order valence-corrected chi connectivity index (χ3v) is 3.26. The zero-order valence-corrected chi connectivity index (χ0v) is 9.98. The van der Waals surface area contributed by atoms with Gasteiger partial charge in [-0.2, -0.15) is 0 Å². The maximum Gasteiger partial charge on any atom is 0.0511 e. The van der Waals surface area contributed by atoms with Crippen LogP contribution in [0.15, 0.2) is 18.3 Å². The first kappa shape index (κ1) is 10.5. The van der Waals surface area contributed by atoms with Crippen molar-refractivity contribution in [2.24, 2.45) is 5.84 Å². The summed E-state index contributed by atoms with van der Waals surface area (Å²) in [5, 5.41) is 0. The van der Waals surface area contributed by atoms with Gasteiger partial charge in [-0.1, -0.05) is 22.2 Å². The molecule has 1 aromatic carbocycles. The van der Waals surface area contributed by atoms with E-state index in [2.05, 4.69) is 38.3 Å². The normalized spacial score (nSPS) is 16.4. The van der Waals surface area contributed by atoms with Crippen LogP contribution < -0.4 is 11.3 Å². The number of hydrazine groups is 2.